The summed E-state index contributed by atoms with van der Waals surface area (Å²) in [4.78, 5) is 16.2. The lowest BCUT2D eigenvalue weighted by Crippen LogP contribution is -2.44. The van der Waals surface area contributed by atoms with Gasteiger partial charge in [0.15, 0.2) is 0 Å². The van der Waals surface area contributed by atoms with Crippen LogP contribution in [0.1, 0.15) is 13.8 Å². The van der Waals surface area contributed by atoms with Crippen LogP contribution >= 0.6 is 0 Å². The fourth-order valence-corrected chi connectivity index (χ4v) is 2.54. The van der Waals surface area contributed by atoms with Gasteiger partial charge in [-0.2, -0.15) is 13.2 Å². The monoisotopic (exact) mass is 327 g/mol. The van der Waals surface area contributed by atoms with Crippen LogP contribution in [0.3, 0.4) is 0 Å². The average Bonchev–Trinajstić information content (AvgIpc) is 2.71. The van der Waals surface area contributed by atoms with E-state index in [1.165, 1.54) is 26.2 Å². The first-order valence-electron chi connectivity index (χ1n) is 5.99. The maximum atomic E-state index is 12.5. The normalized spacial score (nSPS) is 12.7. The molecule has 0 spiro atoms. The van der Waals surface area contributed by atoms with E-state index in [1.807, 2.05) is 0 Å². The standard InChI is InChI=1S/C11H16F3N3O3S/c1-8(2)17(7-11(12,13)14)9(18)6-16-5-4-15-10(16)21(3,19)20/h4-5,8H,6-7H2,1-3H3. The predicted octanol–water partition coefficient (Wildman–Crippen LogP) is 1.09. The lowest BCUT2D eigenvalue weighted by molar-refractivity contribution is -0.165. The van der Waals surface area contributed by atoms with E-state index in [1.54, 1.807) is 0 Å². The fourth-order valence-electron chi connectivity index (χ4n) is 1.73. The van der Waals surface area contributed by atoms with E-state index in [-0.39, 0.29) is 5.16 Å². The quantitative estimate of drug-likeness (QED) is 0.811. The summed E-state index contributed by atoms with van der Waals surface area (Å²) >= 11 is 0. The molecule has 1 amide bonds. The molecule has 0 N–H and O–H groups in total. The maximum absolute atomic E-state index is 12.5. The summed E-state index contributed by atoms with van der Waals surface area (Å²) in [5.41, 5.74) is 0. The number of hydrogen-bond donors (Lipinski definition) is 0. The van der Waals surface area contributed by atoms with E-state index in [0.717, 1.165) is 10.8 Å². The number of halogens is 3. The van der Waals surface area contributed by atoms with Gasteiger partial charge >= 0.3 is 6.18 Å². The minimum absolute atomic E-state index is 0.355. The van der Waals surface area contributed by atoms with Crippen LogP contribution in [0.25, 0.3) is 0 Å². The molecule has 0 aliphatic rings. The highest BCUT2D eigenvalue weighted by Gasteiger charge is 2.34. The number of amides is 1. The van der Waals surface area contributed by atoms with Crippen molar-refractivity contribution in [3.05, 3.63) is 12.4 Å². The van der Waals surface area contributed by atoms with Crippen LogP contribution < -0.4 is 0 Å². The van der Waals surface area contributed by atoms with Crippen LogP contribution in [0.15, 0.2) is 17.6 Å². The van der Waals surface area contributed by atoms with Crippen molar-refractivity contribution in [1.82, 2.24) is 14.5 Å². The minimum Gasteiger partial charge on any atom is -0.330 e. The van der Waals surface area contributed by atoms with Gasteiger partial charge in [0.1, 0.15) is 13.1 Å². The number of carbonyl (C=O) groups is 1. The van der Waals surface area contributed by atoms with E-state index < -0.39 is 41.1 Å². The SMILES string of the molecule is CC(C)N(CC(F)(F)F)C(=O)Cn1ccnc1S(C)(=O)=O. The molecule has 10 heteroatoms. The Balaban J connectivity index is 2.96. The third kappa shape index (κ3) is 5.03. The first kappa shape index (κ1) is 17.5. The zero-order valence-electron chi connectivity index (χ0n) is 11.8. The van der Waals surface area contributed by atoms with Crippen molar-refractivity contribution in [2.75, 3.05) is 12.8 Å². The molecule has 120 valence electrons. The van der Waals surface area contributed by atoms with Crippen LogP contribution in [0.2, 0.25) is 0 Å². The van der Waals surface area contributed by atoms with Gasteiger partial charge in [0, 0.05) is 24.7 Å². The Morgan fingerprint density at radius 2 is 2.00 bits per heavy atom. The van der Waals surface area contributed by atoms with E-state index in [0.29, 0.717) is 4.90 Å². The number of sulfone groups is 1. The molecule has 6 nitrogen and oxygen atoms in total. The van der Waals surface area contributed by atoms with Crippen molar-refractivity contribution >= 4 is 15.7 Å². The van der Waals surface area contributed by atoms with E-state index >= 15 is 0 Å². The second kappa shape index (κ2) is 6.04. The van der Waals surface area contributed by atoms with Crippen molar-refractivity contribution in [3.8, 4) is 0 Å². The molecule has 0 saturated carbocycles. The summed E-state index contributed by atoms with van der Waals surface area (Å²) in [7, 11) is -3.66. The van der Waals surface area contributed by atoms with Gasteiger partial charge in [-0.05, 0) is 13.8 Å². The molecule has 0 aliphatic heterocycles. The molecule has 0 aromatic carbocycles. The Kier molecular flexibility index (Phi) is 5.03. The van der Waals surface area contributed by atoms with Crippen LogP contribution in [-0.4, -0.2) is 53.8 Å². The molecular weight excluding hydrogens is 311 g/mol. The predicted molar refractivity (Wildman–Crippen MR) is 68.2 cm³/mol. The molecular formula is C11H16F3N3O3S. The second-order valence-electron chi connectivity index (χ2n) is 4.84. The number of imidazole rings is 1. The average molecular weight is 327 g/mol. The van der Waals surface area contributed by atoms with E-state index in [4.69, 9.17) is 0 Å². The summed E-state index contributed by atoms with van der Waals surface area (Å²) in [6.07, 6.45) is -1.20. The number of aromatic nitrogens is 2. The van der Waals surface area contributed by atoms with Gasteiger partial charge < -0.3 is 9.47 Å². The highest BCUT2D eigenvalue weighted by Crippen LogP contribution is 2.18. The van der Waals surface area contributed by atoms with Crippen LogP contribution in [-0.2, 0) is 21.2 Å². The zero-order valence-corrected chi connectivity index (χ0v) is 12.6. The summed E-state index contributed by atoms with van der Waals surface area (Å²) < 4.78 is 61.3. The van der Waals surface area contributed by atoms with E-state index in [9.17, 15) is 26.4 Å². The van der Waals surface area contributed by atoms with Crippen LogP contribution in [0.5, 0.6) is 0 Å². The van der Waals surface area contributed by atoms with Gasteiger partial charge in [-0.25, -0.2) is 13.4 Å². The summed E-state index contributed by atoms with van der Waals surface area (Å²) in [6.45, 7) is 1.01. The van der Waals surface area contributed by atoms with Gasteiger partial charge in [-0.3, -0.25) is 4.79 Å². The van der Waals surface area contributed by atoms with Crippen molar-refractivity contribution in [2.24, 2.45) is 0 Å². The Labute approximate surface area is 120 Å². The van der Waals surface area contributed by atoms with Gasteiger partial charge in [0.25, 0.3) is 0 Å². The Bertz CT molecular complexity index is 608. The largest absolute Gasteiger partial charge is 0.406 e. The fraction of sp³-hybridized carbons (Fsp3) is 0.636. The van der Waals surface area contributed by atoms with Crippen LogP contribution in [0.4, 0.5) is 13.2 Å². The number of nitrogens with zero attached hydrogens (tertiary/aromatic N) is 3. The Morgan fingerprint density at radius 1 is 1.43 bits per heavy atom. The van der Waals surface area contributed by atoms with Crippen molar-refractivity contribution in [1.29, 1.82) is 0 Å². The molecule has 21 heavy (non-hydrogen) atoms. The number of hydrogen-bond acceptors (Lipinski definition) is 4. The summed E-state index contributed by atoms with van der Waals surface area (Å²) in [6, 6.07) is -0.663. The van der Waals surface area contributed by atoms with Crippen LogP contribution in [0, 0.1) is 0 Å². The molecule has 1 aromatic rings. The molecule has 0 radical (unpaired) electrons. The van der Waals surface area contributed by atoms with Gasteiger partial charge in [-0.15, -0.1) is 0 Å². The molecule has 0 fully saturated rings. The van der Waals surface area contributed by atoms with Gasteiger partial charge in [0.05, 0.1) is 0 Å². The second-order valence-corrected chi connectivity index (χ2v) is 6.75. The van der Waals surface area contributed by atoms with Crippen molar-refractivity contribution in [2.45, 2.75) is 37.8 Å². The Hall–Kier alpha value is -1.58. The van der Waals surface area contributed by atoms with Crippen molar-refractivity contribution in [3.63, 3.8) is 0 Å². The third-order valence-electron chi connectivity index (χ3n) is 2.61. The molecule has 1 rings (SSSR count). The van der Waals surface area contributed by atoms with E-state index in [2.05, 4.69) is 4.98 Å². The lowest BCUT2D eigenvalue weighted by atomic mass is 10.3. The Morgan fingerprint density at radius 3 is 2.43 bits per heavy atom. The third-order valence-corrected chi connectivity index (χ3v) is 3.61. The topological polar surface area (TPSA) is 72.3 Å². The molecule has 0 unspecified atom stereocenters. The van der Waals surface area contributed by atoms with Crippen molar-refractivity contribution < 1.29 is 26.4 Å². The highest BCUT2D eigenvalue weighted by molar-refractivity contribution is 7.90. The summed E-state index contributed by atoms with van der Waals surface area (Å²) in [5.74, 6) is -0.828. The van der Waals surface area contributed by atoms with Gasteiger partial charge in [0.2, 0.25) is 20.9 Å². The first-order chi connectivity index (χ1) is 9.42. The molecule has 0 atom stereocenters. The smallest absolute Gasteiger partial charge is 0.330 e. The molecule has 0 saturated heterocycles. The maximum Gasteiger partial charge on any atom is 0.406 e. The minimum atomic E-state index is -4.52. The molecule has 0 bridgehead atoms. The molecule has 0 aliphatic carbocycles. The molecule has 1 heterocycles. The number of carbonyl (C=O) groups excluding carboxylic acids is 1. The lowest BCUT2D eigenvalue weighted by Gasteiger charge is -2.28. The highest BCUT2D eigenvalue weighted by atomic mass is 32.2. The first-order valence-corrected chi connectivity index (χ1v) is 7.88. The summed E-state index contributed by atoms with van der Waals surface area (Å²) in [5, 5.41) is -0.355. The zero-order chi connectivity index (χ0) is 16.4. The number of rotatable bonds is 5. The number of alkyl halides is 3. The van der Waals surface area contributed by atoms with Gasteiger partial charge in [-0.1, -0.05) is 0 Å². The molecule has 1 aromatic heterocycles.